The third-order valence-corrected chi connectivity index (χ3v) is 4.69. The summed E-state index contributed by atoms with van der Waals surface area (Å²) >= 11 is 18.1. The highest BCUT2D eigenvalue weighted by molar-refractivity contribution is 6.42. The van der Waals surface area contributed by atoms with E-state index in [4.69, 9.17) is 34.8 Å². The van der Waals surface area contributed by atoms with E-state index in [-0.39, 0.29) is 0 Å². The first-order valence-corrected chi connectivity index (χ1v) is 7.94. The Hall–Kier alpha value is -0.930. The number of nitrogens with one attached hydrogen (secondary N) is 1. The van der Waals surface area contributed by atoms with Crippen molar-refractivity contribution < 1.29 is 0 Å². The summed E-state index contributed by atoms with van der Waals surface area (Å²) in [5.74, 6) is 0. The molecule has 2 aromatic carbocycles. The molecule has 3 rings (SSSR count). The minimum Gasteiger partial charge on any atom is -0.362 e. The molecule has 0 saturated carbocycles. The van der Waals surface area contributed by atoms with Gasteiger partial charge in [-0.2, -0.15) is 0 Å². The zero-order valence-corrected chi connectivity index (χ0v) is 13.6. The fourth-order valence-electron chi connectivity index (χ4n) is 2.38. The van der Waals surface area contributed by atoms with Gasteiger partial charge in [-0.15, -0.1) is 0 Å². The molecular weight excluding hydrogens is 327 g/mol. The van der Waals surface area contributed by atoms with Gasteiger partial charge in [0.25, 0.3) is 0 Å². The quantitative estimate of drug-likeness (QED) is 0.872. The summed E-state index contributed by atoms with van der Waals surface area (Å²) < 4.78 is 0. The molecule has 110 valence electrons. The van der Waals surface area contributed by atoms with Crippen LogP contribution < -0.4 is 10.2 Å². The SMILES string of the molecule is Clc1ccc(CN(c2ccc(Cl)c(Cl)c2)C2CNC2)cc1. The van der Waals surface area contributed by atoms with Crippen LogP contribution in [0.2, 0.25) is 15.1 Å². The number of benzene rings is 2. The summed E-state index contributed by atoms with van der Waals surface area (Å²) in [6.45, 7) is 2.78. The molecule has 0 unspecified atom stereocenters. The van der Waals surface area contributed by atoms with Crippen molar-refractivity contribution in [1.82, 2.24) is 5.32 Å². The number of hydrogen-bond donors (Lipinski definition) is 1. The third kappa shape index (κ3) is 3.46. The van der Waals surface area contributed by atoms with E-state index in [0.29, 0.717) is 16.1 Å². The van der Waals surface area contributed by atoms with Crippen molar-refractivity contribution in [2.75, 3.05) is 18.0 Å². The van der Waals surface area contributed by atoms with Gasteiger partial charge in [-0.1, -0.05) is 46.9 Å². The molecule has 1 heterocycles. The van der Waals surface area contributed by atoms with Crippen LogP contribution in [0.25, 0.3) is 0 Å². The summed E-state index contributed by atoms with van der Waals surface area (Å²) in [7, 11) is 0. The Labute approximate surface area is 139 Å². The molecule has 0 bridgehead atoms. The van der Waals surface area contributed by atoms with Crippen LogP contribution in [0.5, 0.6) is 0 Å². The lowest BCUT2D eigenvalue weighted by atomic mass is 10.1. The normalized spacial score (nSPS) is 14.8. The Morgan fingerprint density at radius 1 is 0.952 bits per heavy atom. The van der Waals surface area contributed by atoms with Crippen molar-refractivity contribution in [3.63, 3.8) is 0 Å². The molecular formula is C16H15Cl3N2. The molecule has 0 spiro atoms. The van der Waals surface area contributed by atoms with Gasteiger partial charge in [0, 0.05) is 30.3 Å². The average Bonchev–Trinajstić information content (AvgIpc) is 2.41. The van der Waals surface area contributed by atoms with Crippen molar-refractivity contribution in [3.8, 4) is 0 Å². The van der Waals surface area contributed by atoms with Gasteiger partial charge in [0.2, 0.25) is 0 Å². The maximum Gasteiger partial charge on any atom is 0.0612 e. The minimum absolute atomic E-state index is 0.470. The van der Waals surface area contributed by atoms with Crippen LogP contribution >= 0.6 is 34.8 Å². The molecule has 1 N–H and O–H groups in total. The second-order valence-electron chi connectivity index (χ2n) is 5.16. The Kier molecular flexibility index (Phi) is 4.60. The van der Waals surface area contributed by atoms with E-state index in [9.17, 15) is 0 Å². The van der Waals surface area contributed by atoms with Gasteiger partial charge in [-0.05, 0) is 35.9 Å². The summed E-state index contributed by atoms with van der Waals surface area (Å²) in [4.78, 5) is 2.35. The Balaban J connectivity index is 1.86. The van der Waals surface area contributed by atoms with Gasteiger partial charge in [0.1, 0.15) is 0 Å². The lowest BCUT2D eigenvalue weighted by Crippen LogP contribution is -2.57. The van der Waals surface area contributed by atoms with E-state index in [1.165, 1.54) is 5.56 Å². The van der Waals surface area contributed by atoms with Crippen LogP contribution in [0.1, 0.15) is 5.56 Å². The second kappa shape index (κ2) is 6.45. The van der Waals surface area contributed by atoms with E-state index in [2.05, 4.69) is 22.3 Å². The maximum absolute atomic E-state index is 6.16. The van der Waals surface area contributed by atoms with E-state index < -0.39 is 0 Å². The fourth-order valence-corrected chi connectivity index (χ4v) is 2.79. The summed E-state index contributed by atoms with van der Waals surface area (Å²) in [6.07, 6.45) is 0. The molecule has 2 aromatic rings. The largest absolute Gasteiger partial charge is 0.362 e. The fraction of sp³-hybridized carbons (Fsp3) is 0.250. The van der Waals surface area contributed by atoms with E-state index in [1.807, 2.05) is 30.3 Å². The highest BCUT2D eigenvalue weighted by atomic mass is 35.5. The maximum atomic E-state index is 6.16. The lowest BCUT2D eigenvalue weighted by Gasteiger charge is -2.40. The topological polar surface area (TPSA) is 15.3 Å². The van der Waals surface area contributed by atoms with Crippen LogP contribution in [0.4, 0.5) is 5.69 Å². The molecule has 0 amide bonds. The van der Waals surface area contributed by atoms with Crippen molar-refractivity contribution >= 4 is 40.5 Å². The zero-order valence-electron chi connectivity index (χ0n) is 11.3. The van der Waals surface area contributed by atoms with E-state index >= 15 is 0 Å². The van der Waals surface area contributed by atoms with Crippen molar-refractivity contribution in [2.45, 2.75) is 12.6 Å². The van der Waals surface area contributed by atoms with E-state index in [1.54, 1.807) is 0 Å². The molecule has 5 heteroatoms. The molecule has 21 heavy (non-hydrogen) atoms. The highest BCUT2D eigenvalue weighted by Gasteiger charge is 2.25. The number of anilines is 1. The third-order valence-electron chi connectivity index (χ3n) is 3.70. The number of hydrogen-bond acceptors (Lipinski definition) is 2. The van der Waals surface area contributed by atoms with Crippen LogP contribution in [0, 0.1) is 0 Å². The molecule has 2 nitrogen and oxygen atoms in total. The van der Waals surface area contributed by atoms with Gasteiger partial charge in [0.05, 0.1) is 16.1 Å². The number of halogens is 3. The van der Waals surface area contributed by atoms with Gasteiger partial charge in [-0.25, -0.2) is 0 Å². The van der Waals surface area contributed by atoms with Gasteiger partial charge < -0.3 is 10.2 Å². The average molecular weight is 342 g/mol. The van der Waals surface area contributed by atoms with Crippen LogP contribution in [0.3, 0.4) is 0 Å². The molecule has 1 saturated heterocycles. The predicted molar refractivity (Wildman–Crippen MR) is 90.8 cm³/mol. The molecule has 1 aliphatic heterocycles. The van der Waals surface area contributed by atoms with E-state index in [0.717, 1.165) is 30.3 Å². The Bertz CT molecular complexity index is 624. The van der Waals surface area contributed by atoms with Gasteiger partial charge >= 0.3 is 0 Å². The van der Waals surface area contributed by atoms with Crippen LogP contribution in [0.15, 0.2) is 42.5 Å². The lowest BCUT2D eigenvalue weighted by molar-refractivity contribution is 0.411. The van der Waals surface area contributed by atoms with Crippen molar-refractivity contribution in [1.29, 1.82) is 0 Å². The minimum atomic E-state index is 0.470. The first-order chi connectivity index (χ1) is 10.1. The van der Waals surface area contributed by atoms with Crippen LogP contribution in [-0.4, -0.2) is 19.1 Å². The van der Waals surface area contributed by atoms with Crippen LogP contribution in [-0.2, 0) is 6.54 Å². The van der Waals surface area contributed by atoms with Gasteiger partial charge in [0.15, 0.2) is 0 Å². The van der Waals surface area contributed by atoms with Gasteiger partial charge in [-0.3, -0.25) is 0 Å². The molecule has 0 aliphatic carbocycles. The Morgan fingerprint density at radius 3 is 2.24 bits per heavy atom. The molecule has 0 aromatic heterocycles. The number of nitrogens with zero attached hydrogens (tertiary/aromatic N) is 1. The molecule has 1 aliphatic rings. The highest BCUT2D eigenvalue weighted by Crippen LogP contribution is 2.30. The summed E-state index contributed by atoms with van der Waals surface area (Å²) in [5.41, 5.74) is 2.31. The standard InChI is InChI=1S/C16H15Cl3N2/c17-12-3-1-11(2-4-12)10-21(14-8-20-9-14)13-5-6-15(18)16(19)7-13/h1-7,14,20H,8-10H2. The summed E-state index contributed by atoms with van der Waals surface area (Å²) in [5, 5.41) is 5.23. The first-order valence-electron chi connectivity index (χ1n) is 6.80. The summed E-state index contributed by atoms with van der Waals surface area (Å²) in [6, 6.07) is 14.2. The van der Waals surface area contributed by atoms with Crippen molar-refractivity contribution in [3.05, 3.63) is 63.1 Å². The smallest absolute Gasteiger partial charge is 0.0612 e. The molecule has 0 radical (unpaired) electrons. The zero-order chi connectivity index (χ0) is 14.8. The molecule has 0 atom stereocenters. The Morgan fingerprint density at radius 2 is 1.67 bits per heavy atom. The number of rotatable bonds is 4. The first kappa shape index (κ1) is 15.0. The monoisotopic (exact) mass is 340 g/mol. The second-order valence-corrected chi connectivity index (χ2v) is 6.42. The van der Waals surface area contributed by atoms with Crippen molar-refractivity contribution in [2.24, 2.45) is 0 Å². The predicted octanol–water partition coefficient (Wildman–Crippen LogP) is 4.63. The molecule has 1 fully saturated rings.